The van der Waals surface area contributed by atoms with Gasteiger partial charge in [0.1, 0.15) is 17.5 Å². The van der Waals surface area contributed by atoms with Gasteiger partial charge >= 0.3 is 6.03 Å². The number of nitrogens with zero attached hydrogens (tertiary/aromatic N) is 2. The third-order valence-electron chi connectivity index (χ3n) is 3.17. The average molecular weight is 278 g/mol. The van der Waals surface area contributed by atoms with Gasteiger partial charge in [0.25, 0.3) is 0 Å². The summed E-state index contributed by atoms with van der Waals surface area (Å²) >= 11 is 0. The Hall–Kier alpha value is -2.05. The topological polar surface area (TPSA) is 105 Å². The van der Waals surface area contributed by atoms with Gasteiger partial charge in [-0.2, -0.15) is 0 Å². The van der Waals surface area contributed by atoms with Crippen LogP contribution in [0.25, 0.3) is 0 Å². The Balaban J connectivity index is 2.06. The van der Waals surface area contributed by atoms with Crippen molar-refractivity contribution in [3.8, 4) is 0 Å². The van der Waals surface area contributed by atoms with Crippen molar-refractivity contribution in [2.24, 2.45) is 5.73 Å². The molecule has 1 fully saturated rings. The second-order valence-corrected chi connectivity index (χ2v) is 4.93. The third-order valence-corrected chi connectivity index (χ3v) is 3.17. The summed E-state index contributed by atoms with van der Waals surface area (Å²) in [7, 11) is 0. The molecule has 0 atom stereocenters. The van der Waals surface area contributed by atoms with Crippen LogP contribution in [0, 0.1) is 6.92 Å². The summed E-state index contributed by atoms with van der Waals surface area (Å²) in [4.78, 5) is 19.8. The van der Waals surface area contributed by atoms with Crippen molar-refractivity contribution in [3.63, 3.8) is 0 Å². The highest BCUT2D eigenvalue weighted by Crippen LogP contribution is 2.39. The molecular weight excluding hydrogens is 256 g/mol. The summed E-state index contributed by atoms with van der Waals surface area (Å²) in [5.74, 6) is 3.10. The van der Waals surface area contributed by atoms with E-state index in [4.69, 9.17) is 5.73 Å². The van der Waals surface area contributed by atoms with E-state index in [1.165, 1.54) is 0 Å². The lowest BCUT2D eigenvalue weighted by Gasteiger charge is -2.14. The standard InChI is InChI=1S/C13H22N6O/c1-3-15-10-8(2)11(16-6-7-17-13(14)20)19-12(18-10)9-4-5-9/h9H,3-7H2,1-2H3,(H3,14,17,20)(H2,15,16,18,19). The molecule has 0 bridgehead atoms. The first-order valence-corrected chi connectivity index (χ1v) is 7.01. The van der Waals surface area contributed by atoms with Crippen LogP contribution in [0.4, 0.5) is 16.4 Å². The van der Waals surface area contributed by atoms with Crippen LogP contribution < -0.4 is 21.7 Å². The molecule has 7 nitrogen and oxygen atoms in total. The zero-order valence-electron chi connectivity index (χ0n) is 12.0. The number of nitrogens with two attached hydrogens (primary N) is 1. The van der Waals surface area contributed by atoms with E-state index >= 15 is 0 Å². The zero-order valence-corrected chi connectivity index (χ0v) is 12.0. The minimum atomic E-state index is -0.516. The molecule has 110 valence electrons. The highest BCUT2D eigenvalue weighted by molar-refractivity contribution is 5.71. The first-order chi connectivity index (χ1) is 9.61. The Morgan fingerprint density at radius 1 is 1.25 bits per heavy atom. The number of carbonyl (C=O) groups excluding carboxylic acids is 1. The highest BCUT2D eigenvalue weighted by atomic mass is 16.2. The van der Waals surface area contributed by atoms with E-state index in [0.29, 0.717) is 19.0 Å². The number of rotatable bonds is 7. The molecule has 1 aliphatic carbocycles. The van der Waals surface area contributed by atoms with Crippen molar-refractivity contribution >= 4 is 17.7 Å². The minimum Gasteiger partial charge on any atom is -0.370 e. The lowest BCUT2D eigenvalue weighted by atomic mass is 10.2. The summed E-state index contributed by atoms with van der Waals surface area (Å²) in [6.07, 6.45) is 2.33. The van der Waals surface area contributed by atoms with Crippen LogP contribution in [0.5, 0.6) is 0 Å². The minimum absolute atomic E-state index is 0.466. The molecule has 1 aromatic rings. The van der Waals surface area contributed by atoms with Crippen molar-refractivity contribution in [3.05, 3.63) is 11.4 Å². The van der Waals surface area contributed by atoms with Crippen LogP contribution in [0.15, 0.2) is 0 Å². The summed E-state index contributed by atoms with van der Waals surface area (Å²) in [5, 5.41) is 9.04. The van der Waals surface area contributed by atoms with Gasteiger partial charge in [0, 0.05) is 31.1 Å². The van der Waals surface area contributed by atoms with Gasteiger partial charge in [-0.1, -0.05) is 0 Å². The van der Waals surface area contributed by atoms with Gasteiger partial charge in [-0.15, -0.1) is 0 Å². The molecule has 0 unspecified atom stereocenters. The Kier molecular flexibility index (Phi) is 4.60. The van der Waals surface area contributed by atoms with Crippen molar-refractivity contribution in [2.75, 3.05) is 30.3 Å². The lowest BCUT2D eigenvalue weighted by molar-refractivity contribution is 0.249. The summed E-state index contributed by atoms with van der Waals surface area (Å²) in [5.41, 5.74) is 6.02. The lowest BCUT2D eigenvalue weighted by Crippen LogP contribution is -2.33. The van der Waals surface area contributed by atoms with Crippen LogP contribution in [0.2, 0.25) is 0 Å². The maximum Gasteiger partial charge on any atom is 0.312 e. The van der Waals surface area contributed by atoms with Gasteiger partial charge in [-0.05, 0) is 26.7 Å². The fourth-order valence-corrected chi connectivity index (χ4v) is 1.94. The predicted octanol–water partition coefficient (Wildman–Crippen LogP) is 1.17. The molecule has 1 saturated carbocycles. The summed E-state index contributed by atoms with van der Waals surface area (Å²) in [6.45, 7) is 5.90. The van der Waals surface area contributed by atoms with Crippen LogP contribution in [0.1, 0.15) is 37.1 Å². The second kappa shape index (κ2) is 6.40. The van der Waals surface area contributed by atoms with E-state index in [1.54, 1.807) is 0 Å². The first-order valence-electron chi connectivity index (χ1n) is 7.01. The number of amides is 2. The normalized spacial score (nSPS) is 13.9. The SMILES string of the molecule is CCNc1nc(C2CC2)nc(NCCNC(N)=O)c1C. The molecule has 2 rings (SSSR count). The van der Waals surface area contributed by atoms with E-state index in [1.807, 2.05) is 13.8 Å². The molecule has 0 radical (unpaired) electrons. The van der Waals surface area contributed by atoms with Gasteiger partial charge in [0.15, 0.2) is 0 Å². The molecule has 7 heteroatoms. The molecule has 0 aromatic carbocycles. The van der Waals surface area contributed by atoms with Crippen LogP contribution in [-0.2, 0) is 0 Å². The molecule has 0 saturated heterocycles. The van der Waals surface area contributed by atoms with Crippen LogP contribution in [-0.4, -0.2) is 35.6 Å². The maximum absolute atomic E-state index is 10.6. The van der Waals surface area contributed by atoms with Crippen molar-refractivity contribution in [1.82, 2.24) is 15.3 Å². The number of primary amides is 1. The number of aromatic nitrogens is 2. The Bertz CT molecular complexity index is 486. The van der Waals surface area contributed by atoms with Gasteiger partial charge in [0.05, 0.1) is 0 Å². The molecule has 0 spiro atoms. The van der Waals surface area contributed by atoms with E-state index < -0.39 is 6.03 Å². The first kappa shape index (κ1) is 14.4. The second-order valence-electron chi connectivity index (χ2n) is 4.93. The Labute approximate surface area is 118 Å². The number of anilines is 2. The highest BCUT2D eigenvalue weighted by Gasteiger charge is 2.28. The van der Waals surface area contributed by atoms with Crippen LogP contribution in [0.3, 0.4) is 0 Å². The summed E-state index contributed by atoms with van der Waals surface area (Å²) in [6, 6.07) is -0.516. The molecule has 2 amide bonds. The number of urea groups is 1. The molecular formula is C13H22N6O. The zero-order chi connectivity index (χ0) is 14.5. The quantitative estimate of drug-likeness (QED) is 0.560. The molecule has 1 aromatic heterocycles. The number of hydrogen-bond donors (Lipinski definition) is 4. The Morgan fingerprint density at radius 3 is 2.45 bits per heavy atom. The van der Waals surface area contributed by atoms with E-state index in [9.17, 15) is 4.79 Å². The van der Waals surface area contributed by atoms with Crippen molar-refractivity contribution in [2.45, 2.75) is 32.6 Å². The molecule has 0 aliphatic heterocycles. The monoisotopic (exact) mass is 278 g/mol. The fraction of sp³-hybridized carbons (Fsp3) is 0.615. The largest absolute Gasteiger partial charge is 0.370 e. The Morgan fingerprint density at radius 2 is 1.90 bits per heavy atom. The summed E-state index contributed by atoms with van der Waals surface area (Å²) < 4.78 is 0. The van der Waals surface area contributed by atoms with Gasteiger partial charge in [-0.25, -0.2) is 14.8 Å². The molecule has 1 aliphatic rings. The molecule has 1 heterocycles. The molecule has 20 heavy (non-hydrogen) atoms. The van der Waals surface area contributed by atoms with E-state index in [2.05, 4.69) is 25.9 Å². The maximum atomic E-state index is 10.6. The van der Waals surface area contributed by atoms with E-state index in [0.717, 1.165) is 42.4 Å². The van der Waals surface area contributed by atoms with Gasteiger partial charge in [0.2, 0.25) is 0 Å². The van der Waals surface area contributed by atoms with Crippen LogP contribution >= 0.6 is 0 Å². The average Bonchev–Trinajstić information content (AvgIpc) is 3.22. The van der Waals surface area contributed by atoms with E-state index in [-0.39, 0.29) is 0 Å². The third kappa shape index (κ3) is 3.72. The number of nitrogens with one attached hydrogen (secondary N) is 3. The number of carbonyl (C=O) groups is 1. The predicted molar refractivity (Wildman–Crippen MR) is 79.0 cm³/mol. The van der Waals surface area contributed by atoms with Gasteiger partial charge < -0.3 is 21.7 Å². The fourth-order valence-electron chi connectivity index (χ4n) is 1.94. The van der Waals surface area contributed by atoms with Crippen molar-refractivity contribution < 1.29 is 4.79 Å². The van der Waals surface area contributed by atoms with Gasteiger partial charge in [-0.3, -0.25) is 0 Å². The molecule has 5 N–H and O–H groups in total. The smallest absolute Gasteiger partial charge is 0.312 e. The van der Waals surface area contributed by atoms with Crippen molar-refractivity contribution in [1.29, 1.82) is 0 Å². The number of hydrogen-bond acceptors (Lipinski definition) is 5.